The van der Waals surface area contributed by atoms with Gasteiger partial charge >= 0.3 is 0 Å². The molecular weight excluding hydrogens is 288 g/mol. The fraction of sp³-hybridized carbons (Fsp3) is 0.154. The summed E-state index contributed by atoms with van der Waals surface area (Å²) in [6.45, 7) is 0. The van der Waals surface area contributed by atoms with Crippen LogP contribution in [0.5, 0.6) is 0 Å². The van der Waals surface area contributed by atoms with Gasteiger partial charge in [-0.05, 0) is 41.8 Å². The van der Waals surface area contributed by atoms with Gasteiger partial charge in [0.25, 0.3) is 0 Å². The van der Waals surface area contributed by atoms with E-state index in [1.54, 1.807) is 18.5 Å². The van der Waals surface area contributed by atoms with Gasteiger partial charge in [0.2, 0.25) is 0 Å². The third kappa shape index (κ3) is 3.09. The van der Waals surface area contributed by atoms with Gasteiger partial charge in [-0.15, -0.1) is 0 Å². The van der Waals surface area contributed by atoms with Gasteiger partial charge in [-0.1, -0.05) is 22.0 Å². The van der Waals surface area contributed by atoms with Crippen LogP contribution in [0.2, 0.25) is 0 Å². The number of nitrogens with zero attached hydrogens (tertiary/aromatic N) is 1. The molecule has 1 aromatic heterocycles. The van der Waals surface area contributed by atoms with Crippen LogP contribution in [0.25, 0.3) is 0 Å². The molecule has 2 rings (SSSR count). The Labute approximate surface area is 107 Å². The molecule has 4 heteroatoms. The van der Waals surface area contributed by atoms with Crippen molar-refractivity contribution in [2.45, 2.75) is 11.2 Å². The minimum absolute atomic E-state index is 0.0417. The second-order valence-corrected chi connectivity index (χ2v) is 4.81. The molecule has 0 fully saturated rings. The number of aromatic nitrogens is 1. The van der Waals surface area contributed by atoms with Crippen molar-refractivity contribution in [2.75, 3.05) is 0 Å². The van der Waals surface area contributed by atoms with Crippen LogP contribution in [0.4, 0.5) is 8.78 Å². The van der Waals surface area contributed by atoms with Crippen molar-refractivity contribution in [1.82, 2.24) is 4.98 Å². The number of rotatable bonds is 3. The Hall–Kier alpha value is -1.29. The van der Waals surface area contributed by atoms with E-state index in [0.29, 0.717) is 6.42 Å². The molecule has 1 heterocycles. The number of benzene rings is 1. The van der Waals surface area contributed by atoms with E-state index in [1.807, 2.05) is 12.1 Å². The van der Waals surface area contributed by atoms with Crippen LogP contribution in [0.15, 0.2) is 42.7 Å². The summed E-state index contributed by atoms with van der Waals surface area (Å²) in [5.41, 5.74) is 1.81. The fourth-order valence-corrected chi connectivity index (χ4v) is 2.21. The van der Waals surface area contributed by atoms with Crippen LogP contribution in [0, 0.1) is 11.6 Å². The number of alkyl halides is 1. The standard InChI is InChI=1S/C13H10BrF2N/c14-11(7-9-3-5-17-6-4-9)10-1-2-12(15)13(16)8-10/h1-6,8,11H,7H2. The highest BCUT2D eigenvalue weighted by Gasteiger charge is 2.11. The highest BCUT2D eigenvalue weighted by molar-refractivity contribution is 9.09. The first-order valence-electron chi connectivity index (χ1n) is 5.15. The van der Waals surface area contributed by atoms with Gasteiger partial charge in [-0.3, -0.25) is 4.98 Å². The molecule has 0 aliphatic heterocycles. The van der Waals surface area contributed by atoms with E-state index in [9.17, 15) is 8.78 Å². The van der Waals surface area contributed by atoms with Gasteiger partial charge in [-0.25, -0.2) is 8.78 Å². The van der Waals surface area contributed by atoms with E-state index in [0.717, 1.165) is 17.2 Å². The number of hydrogen-bond acceptors (Lipinski definition) is 1. The molecule has 1 aromatic carbocycles. The van der Waals surface area contributed by atoms with Gasteiger partial charge in [-0.2, -0.15) is 0 Å². The molecule has 0 saturated heterocycles. The molecule has 88 valence electrons. The Morgan fingerprint density at radius 3 is 2.41 bits per heavy atom. The van der Waals surface area contributed by atoms with Crippen LogP contribution >= 0.6 is 15.9 Å². The fourth-order valence-electron chi connectivity index (χ4n) is 1.55. The third-order valence-electron chi connectivity index (χ3n) is 2.47. The molecule has 2 aromatic rings. The second kappa shape index (κ2) is 5.36. The van der Waals surface area contributed by atoms with Crippen LogP contribution < -0.4 is 0 Å². The molecule has 1 atom stereocenters. The second-order valence-electron chi connectivity index (χ2n) is 3.70. The van der Waals surface area contributed by atoms with Crippen LogP contribution in [0.3, 0.4) is 0 Å². The van der Waals surface area contributed by atoms with Gasteiger partial charge < -0.3 is 0 Å². The summed E-state index contributed by atoms with van der Waals surface area (Å²) in [7, 11) is 0. The normalized spacial score (nSPS) is 12.4. The lowest BCUT2D eigenvalue weighted by molar-refractivity contribution is 0.507. The lowest BCUT2D eigenvalue weighted by atomic mass is 10.1. The maximum atomic E-state index is 13.1. The highest BCUT2D eigenvalue weighted by Crippen LogP contribution is 2.27. The number of halogens is 3. The molecule has 1 nitrogen and oxygen atoms in total. The summed E-state index contributed by atoms with van der Waals surface area (Å²) in [5, 5.41) is 0. The molecule has 0 spiro atoms. The van der Waals surface area contributed by atoms with E-state index in [1.165, 1.54) is 6.07 Å². The molecule has 0 radical (unpaired) electrons. The summed E-state index contributed by atoms with van der Waals surface area (Å²) < 4.78 is 25.9. The minimum atomic E-state index is -0.822. The topological polar surface area (TPSA) is 12.9 Å². The monoisotopic (exact) mass is 297 g/mol. The zero-order valence-electron chi connectivity index (χ0n) is 8.91. The van der Waals surface area contributed by atoms with Crippen LogP contribution in [0.1, 0.15) is 16.0 Å². The lowest BCUT2D eigenvalue weighted by Crippen LogP contribution is -1.97. The molecule has 0 N–H and O–H groups in total. The molecule has 1 unspecified atom stereocenters. The van der Waals surface area contributed by atoms with Crippen molar-refractivity contribution in [3.8, 4) is 0 Å². The zero-order chi connectivity index (χ0) is 12.3. The molecule has 0 aliphatic rings. The van der Waals surface area contributed by atoms with Crippen LogP contribution in [-0.2, 0) is 6.42 Å². The third-order valence-corrected chi connectivity index (χ3v) is 3.32. The van der Waals surface area contributed by atoms with Crippen molar-refractivity contribution in [1.29, 1.82) is 0 Å². The van der Waals surface area contributed by atoms with Gasteiger partial charge in [0.05, 0.1) is 0 Å². The first-order chi connectivity index (χ1) is 8.16. The average molecular weight is 298 g/mol. The van der Waals surface area contributed by atoms with E-state index < -0.39 is 11.6 Å². The highest BCUT2D eigenvalue weighted by atomic mass is 79.9. The Bertz CT molecular complexity index is 502. The first-order valence-corrected chi connectivity index (χ1v) is 6.06. The summed E-state index contributed by atoms with van der Waals surface area (Å²) >= 11 is 3.47. The van der Waals surface area contributed by atoms with E-state index in [2.05, 4.69) is 20.9 Å². The van der Waals surface area contributed by atoms with Crippen molar-refractivity contribution in [2.24, 2.45) is 0 Å². The Morgan fingerprint density at radius 2 is 1.76 bits per heavy atom. The van der Waals surface area contributed by atoms with E-state index in [4.69, 9.17) is 0 Å². The van der Waals surface area contributed by atoms with E-state index in [-0.39, 0.29) is 4.83 Å². The Balaban J connectivity index is 2.14. The molecule has 0 bridgehead atoms. The minimum Gasteiger partial charge on any atom is -0.265 e. The Morgan fingerprint density at radius 1 is 1.06 bits per heavy atom. The predicted octanol–water partition coefficient (Wildman–Crippen LogP) is 4.04. The molecular formula is C13H10BrF2N. The largest absolute Gasteiger partial charge is 0.265 e. The number of hydrogen-bond donors (Lipinski definition) is 0. The lowest BCUT2D eigenvalue weighted by Gasteiger charge is -2.10. The summed E-state index contributed by atoms with van der Waals surface area (Å²) in [6, 6.07) is 7.74. The first kappa shape index (κ1) is 12.2. The van der Waals surface area contributed by atoms with Crippen LogP contribution in [-0.4, -0.2) is 4.98 Å². The SMILES string of the molecule is Fc1ccc(C(Br)Cc2ccncc2)cc1F. The van der Waals surface area contributed by atoms with Gasteiger partial charge in [0.1, 0.15) is 0 Å². The van der Waals surface area contributed by atoms with Crippen molar-refractivity contribution >= 4 is 15.9 Å². The van der Waals surface area contributed by atoms with Gasteiger partial charge in [0, 0.05) is 17.2 Å². The predicted molar refractivity (Wildman–Crippen MR) is 66.0 cm³/mol. The van der Waals surface area contributed by atoms with Crippen molar-refractivity contribution in [3.63, 3.8) is 0 Å². The molecule has 17 heavy (non-hydrogen) atoms. The maximum Gasteiger partial charge on any atom is 0.159 e. The Kier molecular flexibility index (Phi) is 3.84. The summed E-state index contributed by atoms with van der Waals surface area (Å²) in [5.74, 6) is -1.64. The molecule has 0 saturated carbocycles. The molecule has 0 amide bonds. The molecule has 0 aliphatic carbocycles. The summed E-state index contributed by atoms with van der Waals surface area (Å²) in [4.78, 5) is 3.88. The number of pyridine rings is 1. The van der Waals surface area contributed by atoms with Crippen molar-refractivity contribution < 1.29 is 8.78 Å². The quantitative estimate of drug-likeness (QED) is 0.779. The smallest absolute Gasteiger partial charge is 0.159 e. The maximum absolute atomic E-state index is 13.1. The summed E-state index contributed by atoms with van der Waals surface area (Å²) in [6.07, 6.45) is 4.12. The van der Waals surface area contributed by atoms with Crippen molar-refractivity contribution in [3.05, 3.63) is 65.5 Å². The zero-order valence-corrected chi connectivity index (χ0v) is 10.5. The van der Waals surface area contributed by atoms with Gasteiger partial charge in [0.15, 0.2) is 11.6 Å². The van der Waals surface area contributed by atoms with E-state index >= 15 is 0 Å². The average Bonchev–Trinajstić information content (AvgIpc) is 2.34.